The number of hydrogen-bond acceptors (Lipinski definition) is 2. The monoisotopic (exact) mass is 286 g/mol. The summed E-state index contributed by atoms with van der Waals surface area (Å²) < 4.78 is 27.2. The summed E-state index contributed by atoms with van der Waals surface area (Å²) in [6, 6.07) is 3.55. The van der Waals surface area contributed by atoms with E-state index in [0.717, 1.165) is 23.0 Å². The quantitative estimate of drug-likeness (QED) is 0.742. The van der Waals surface area contributed by atoms with Crippen molar-refractivity contribution in [3.63, 3.8) is 0 Å². The molecule has 5 heteroatoms. The molecule has 0 aliphatic rings. The topological polar surface area (TPSA) is 17.1 Å². The Labute approximate surface area is 112 Å². The molecule has 94 valence electrons. The van der Waals surface area contributed by atoms with E-state index in [9.17, 15) is 13.6 Å². The number of carbonyl (C=O) groups excluding carboxylic acids is 1. The van der Waals surface area contributed by atoms with Gasteiger partial charge in [-0.1, -0.05) is 11.6 Å². The highest BCUT2D eigenvalue weighted by Gasteiger charge is 2.19. The van der Waals surface area contributed by atoms with Gasteiger partial charge in [0.25, 0.3) is 0 Å². The Morgan fingerprint density at radius 3 is 2.33 bits per heavy atom. The molecule has 0 N–H and O–H groups in total. The number of rotatable bonds is 2. The second-order valence-electron chi connectivity index (χ2n) is 3.98. The third kappa shape index (κ3) is 2.31. The molecule has 0 radical (unpaired) electrons. The maximum atomic E-state index is 13.6. The largest absolute Gasteiger partial charge is 0.288 e. The highest BCUT2D eigenvalue weighted by molar-refractivity contribution is 7.18. The summed E-state index contributed by atoms with van der Waals surface area (Å²) in [5, 5.41) is 0. The summed E-state index contributed by atoms with van der Waals surface area (Å²) in [5.74, 6) is -2.00. The van der Waals surface area contributed by atoms with Crippen LogP contribution in [0.3, 0.4) is 0 Å². The number of ketones is 1. The molecule has 18 heavy (non-hydrogen) atoms. The van der Waals surface area contributed by atoms with Crippen LogP contribution in [-0.2, 0) is 0 Å². The van der Waals surface area contributed by atoms with E-state index >= 15 is 0 Å². The Balaban J connectivity index is 2.49. The van der Waals surface area contributed by atoms with Crippen LogP contribution in [0, 0.1) is 25.5 Å². The molecule has 2 aromatic rings. The van der Waals surface area contributed by atoms with Gasteiger partial charge in [-0.3, -0.25) is 4.79 Å². The minimum absolute atomic E-state index is 0.133. The third-order valence-electron chi connectivity index (χ3n) is 2.57. The second kappa shape index (κ2) is 4.78. The van der Waals surface area contributed by atoms with Crippen molar-refractivity contribution in [1.82, 2.24) is 0 Å². The van der Waals surface area contributed by atoms with Crippen molar-refractivity contribution in [3.8, 4) is 0 Å². The lowest BCUT2D eigenvalue weighted by molar-refractivity contribution is 0.103. The molecular formula is C13H9ClF2OS. The van der Waals surface area contributed by atoms with Crippen molar-refractivity contribution in [2.45, 2.75) is 13.8 Å². The maximum absolute atomic E-state index is 13.6. The summed E-state index contributed by atoms with van der Waals surface area (Å²) in [5.41, 5.74) is 0.871. The molecule has 1 heterocycles. The Hall–Kier alpha value is -1.26. The van der Waals surface area contributed by atoms with E-state index in [1.807, 2.05) is 0 Å². The standard InChI is InChI=1S/C13H9ClF2OS/c1-6-3-8(10(16)5-9(6)15)12(17)11-4-7(2)13(14)18-11/h3-5H,1-2H3. The van der Waals surface area contributed by atoms with E-state index in [2.05, 4.69) is 0 Å². The molecule has 0 amide bonds. The van der Waals surface area contributed by atoms with Crippen molar-refractivity contribution in [1.29, 1.82) is 0 Å². The molecule has 0 unspecified atom stereocenters. The smallest absolute Gasteiger partial charge is 0.205 e. The summed E-state index contributed by atoms with van der Waals surface area (Å²) in [7, 11) is 0. The fourth-order valence-corrected chi connectivity index (χ4v) is 2.69. The molecule has 2 rings (SSSR count). The van der Waals surface area contributed by atoms with Crippen LogP contribution in [-0.4, -0.2) is 5.78 Å². The van der Waals surface area contributed by atoms with Gasteiger partial charge in [0.2, 0.25) is 5.78 Å². The summed E-state index contributed by atoms with van der Waals surface area (Å²) in [6.45, 7) is 3.25. The van der Waals surface area contributed by atoms with Crippen LogP contribution in [0.25, 0.3) is 0 Å². The van der Waals surface area contributed by atoms with Crippen molar-refractivity contribution in [2.75, 3.05) is 0 Å². The first kappa shape index (κ1) is 13.2. The SMILES string of the molecule is Cc1cc(C(=O)c2cc(C)c(Cl)s2)c(F)cc1F. The van der Waals surface area contributed by atoms with Crippen molar-refractivity contribution >= 4 is 28.7 Å². The summed E-state index contributed by atoms with van der Waals surface area (Å²) in [4.78, 5) is 12.4. The predicted molar refractivity (Wildman–Crippen MR) is 68.6 cm³/mol. The van der Waals surface area contributed by atoms with Gasteiger partial charge < -0.3 is 0 Å². The number of benzene rings is 1. The molecule has 1 aromatic carbocycles. The fourth-order valence-electron chi connectivity index (χ4n) is 1.54. The van der Waals surface area contributed by atoms with Crippen LogP contribution >= 0.6 is 22.9 Å². The Bertz CT molecular complexity index is 615. The molecule has 0 spiro atoms. The number of halogens is 3. The van der Waals surface area contributed by atoms with Crippen molar-refractivity contribution in [3.05, 3.63) is 55.7 Å². The normalized spacial score (nSPS) is 10.7. The molecule has 0 fully saturated rings. The highest BCUT2D eigenvalue weighted by Crippen LogP contribution is 2.29. The zero-order valence-corrected chi connectivity index (χ0v) is 11.3. The van der Waals surface area contributed by atoms with Gasteiger partial charge >= 0.3 is 0 Å². The minimum Gasteiger partial charge on any atom is -0.288 e. The van der Waals surface area contributed by atoms with Gasteiger partial charge in [0, 0.05) is 6.07 Å². The van der Waals surface area contributed by atoms with Gasteiger partial charge in [-0.25, -0.2) is 8.78 Å². The zero-order valence-electron chi connectivity index (χ0n) is 9.68. The Morgan fingerprint density at radius 1 is 1.11 bits per heavy atom. The second-order valence-corrected chi connectivity index (χ2v) is 5.63. The molecule has 0 aliphatic carbocycles. The molecule has 1 nitrogen and oxygen atoms in total. The van der Waals surface area contributed by atoms with Crippen LogP contribution in [0.4, 0.5) is 8.78 Å². The minimum atomic E-state index is -0.856. The first-order valence-corrected chi connectivity index (χ1v) is 6.36. The van der Waals surface area contributed by atoms with Crippen LogP contribution in [0.2, 0.25) is 4.34 Å². The van der Waals surface area contributed by atoms with E-state index in [1.165, 1.54) is 13.0 Å². The van der Waals surface area contributed by atoms with Gasteiger partial charge in [-0.05, 0) is 37.1 Å². The summed E-state index contributed by atoms with van der Waals surface area (Å²) >= 11 is 6.96. The van der Waals surface area contributed by atoms with Crippen LogP contribution in [0.1, 0.15) is 26.4 Å². The first-order chi connectivity index (χ1) is 8.40. The van der Waals surface area contributed by atoms with Gasteiger partial charge in [-0.15, -0.1) is 11.3 Å². The van der Waals surface area contributed by atoms with Gasteiger partial charge in [0.15, 0.2) is 0 Å². The number of aryl methyl sites for hydroxylation is 2. The lowest BCUT2D eigenvalue weighted by atomic mass is 10.1. The molecular weight excluding hydrogens is 278 g/mol. The highest BCUT2D eigenvalue weighted by atomic mass is 35.5. The van der Waals surface area contributed by atoms with E-state index < -0.39 is 17.4 Å². The van der Waals surface area contributed by atoms with E-state index in [4.69, 9.17) is 11.6 Å². The predicted octanol–water partition coefficient (Wildman–Crippen LogP) is 4.53. The molecule has 0 atom stereocenters. The Morgan fingerprint density at radius 2 is 1.78 bits per heavy atom. The maximum Gasteiger partial charge on any atom is 0.205 e. The van der Waals surface area contributed by atoms with Crippen LogP contribution in [0.15, 0.2) is 18.2 Å². The lowest BCUT2D eigenvalue weighted by Gasteiger charge is -2.03. The summed E-state index contributed by atoms with van der Waals surface area (Å²) in [6.07, 6.45) is 0. The van der Waals surface area contributed by atoms with E-state index in [1.54, 1.807) is 13.0 Å². The van der Waals surface area contributed by atoms with Crippen LogP contribution in [0.5, 0.6) is 0 Å². The molecule has 1 aromatic heterocycles. The average molecular weight is 287 g/mol. The van der Waals surface area contributed by atoms with Gasteiger partial charge in [0.05, 0.1) is 14.8 Å². The number of carbonyl (C=O) groups is 1. The average Bonchev–Trinajstić information content (AvgIpc) is 2.63. The Kier molecular flexibility index (Phi) is 3.50. The van der Waals surface area contributed by atoms with Crippen molar-refractivity contribution in [2.24, 2.45) is 0 Å². The third-order valence-corrected chi connectivity index (χ3v) is 4.13. The molecule has 0 bridgehead atoms. The number of hydrogen-bond donors (Lipinski definition) is 0. The zero-order chi connectivity index (χ0) is 13.4. The molecule has 0 saturated heterocycles. The van der Waals surface area contributed by atoms with E-state index in [-0.39, 0.29) is 11.1 Å². The fraction of sp³-hybridized carbons (Fsp3) is 0.154. The van der Waals surface area contributed by atoms with E-state index in [0.29, 0.717) is 9.21 Å². The molecule has 0 saturated carbocycles. The number of thiophene rings is 1. The lowest BCUT2D eigenvalue weighted by Crippen LogP contribution is -2.04. The first-order valence-electron chi connectivity index (χ1n) is 5.16. The van der Waals surface area contributed by atoms with Gasteiger partial charge in [0.1, 0.15) is 11.6 Å². The molecule has 0 aliphatic heterocycles. The van der Waals surface area contributed by atoms with Gasteiger partial charge in [-0.2, -0.15) is 0 Å². The van der Waals surface area contributed by atoms with Crippen LogP contribution < -0.4 is 0 Å². The van der Waals surface area contributed by atoms with Crippen molar-refractivity contribution < 1.29 is 13.6 Å².